The lowest BCUT2D eigenvalue weighted by molar-refractivity contribution is 0.0546. The van der Waals surface area contributed by atoms with Crippen LogP contribution in [0.25, 0.3) is 0 Å². The topological polar surface area (TPSA) is 9.23 Å². The van der Waals surface area contributed by atoms with Gasteiger partial charge in [0.1, 0.15) is 0 Å². The Hall–Kier alpha value is -0.520. The summed E-state index contributed by atoms with van der Waals surface area (Å²) in [6, 6.07) is 0. The molecule has 0 saturated carbocycles. The van der Waals surface area contributed by atoms with Gasteiger partial charge in [-0.2, -0.15) is 0 Å². The molecule has 1 fully saturated rings. The lowest BCUT2D eigenvalue weighted by atomic mass is 9.83. The highest BCUT2D eigenvalue weighted by atomic mass is 16.5. The molecule has 0 amide bonds. The molecule has 0 aromatic rings. The summed E-state index contributed by atoms with van der Waals surface area (Å²) < 4.78 is 5.32. The third-order valence-corrected chi connectivity index (χ3v) is 2.93. The lowest BCUT2D eigenvalue weighted by Crippen LogP contribution is -2.22. The molecular weight excluding hydrogens is 148 g/mol. The molecule has 1 rings (SSSR count). The Morgan fingerprint density at radius 3 is 2.58 bits per heavy atom. The van der Waals surface area contributed by atoms with Gasteiger partial charge in [0, 0.05) is 13.2 Å². The Kier molecular flexibility index (Phi) is 3.58. The molecule has 1 aliphatic rings. The first-order chi connectivity index (χ1) is 5.75. The first-order valence-corrected chi connectivity index (χ1v) is 4.70. The van der Waals surface area contributed by atoms with E-state index in [2.05, 4.69) is 26.2 Å². The van der Waals surface area contributed by atoms with Crippen LogP contribution in [-0.2, 0) is 4.74 Å². The third-order valence-electron chi connectivity index (χ3n) is 2.93. The Balaban J connectivity index is 2.50. The van der Waals surface area contributed by atoms with Crippen LogP contribution in [0, 0.1) is 11.8 Å². The smallest absolute Gasteiger partial charge is 0.0468 e. The molecule has 1 atom stereocenters. The van der Waals surface area contributed by atoms with Crippen LogP contribution in [0.3, 0.4) is 0 Å². The monoisotopic (exact) mass is 166 g/mol. The fourth-order valence-corrected chi connectivity index (χ4v) is 1.73. The summed E-state index contributed by atoms with van der Waals surface area (Å²) in [5.41, 5.74) is 4.28. The average Bonchev–Trinajstić information content (AvgIpc) is 2.17. The van der Waals surface area contributed by atoms with Gasteiger partial charge < -0.3 is 4.74 Å². The molecule has 0 aliphatic carbocycles. The number of hydrogen-bond acceptors (Lipinski definition) is 1. The number of allylic oxidation sites excluding steroid dienone is 1. The van der Waals surface area contributed by atoms with E-state index in [1.807, 2.05) is 0 Å². The van der Waals surface area contributed by atoms with Gasteiger partial charge in [0.2, 0.25) is 0 Å². The highest BCUT2D eigenvalue weighted by Gasteiger charge is 2.20. The highest BCUT2D eigenvalue weighted by Crippen LogP contribution is 2.27. The molecule has 12 heavy (non-hydrogen) atoms. The minimum absolute atomic E-state index is 0.631. The van der Waals surface area contributed by atoms with E-state index in [1.54, 1.807) is 0 Å². The first kappa shape index (κ1) is 9.57. The molecule has 1 saturated heterocycles. The van der Waals surface area contributed by atoms with Crippen molar-refractivity contribution in [2.45, 2.75) is 26.7 Å². The standard InChI is InChI=1S/C11H18O/c1-4-9(2)10(3)11-5-7-12-8-6-11/h10-11H,1,5-8H2,2-3H3/t10-/m0/s1. The maximum atomic E-state index is 5.32. The Morgan fingerprint density at radius 1 is 1.50 bits per heavy atom. The van der Waals surface area contributed by atoms with Gasteiger partial charge in [0.25, 0.3) is 0 Å². The summed E-state index contributed by atoms with van der Waals surface area (Å²) in [6.45, 7) is 9.93. The zero-order chi connectivity index (χ0) is 8.97. The van der Waals surface area contributed by atoms with Crippen LogP contribution in [-0.4, -0.2) is 13.2 Å². The Morgan fingerprint density at radius 2 is 2.08 bits per heavy atom. The number of hydrogen-bond donors (Lipinski definition) is 0. The maximum absolute atomic E-state index is 5.32. The maximum Gasteiger partial charge on any atom is 0.0468 e. The molecular formula is C11H18O. The Labute approximate surface area is 75.1 Å². The number of ether oxygens (including phenoxy) is 1. The van der Waals surface area contributed by atoms with Gasteiger partial charge >= 0.3 is 0 Å². The van der Waals surface area contributed by atoms with Crippen molar-refractivity contribution in [2.75, 3.05) is 13.2 Å². The second-order valence-electron chi connectivity index (χ2n) is 3.60. The van der Waals surface area contributed by atoms with E-state index in [0.29, 0.717) is 5.92 Å². The summed E-state index contributed by atoms with van der Waals surface area (Å²) in [4.78, 5) is 0. The van der Waals surface area contributed by atoms with Crippen molar-refractivity contribution >= 4 is 0 Å². The van der Waals surface area contributed by atoms with Crippen LogP contribution in [0.2, 0.25) is 0 Å². The van der Waals surface area contributed by atoms with Gasteiger partial charge in [0.15, 0.2) is 0 Å². The van der Waals surface area contributed by atoms with Crippen LogP contribution in [0.5, 0.6) is 0 Å². The lowest BCUT2D eigenvalue weighted by Gasteiger charge is -2.27. The fraction of sp³-hybridized carbons (Fsp3) is 0.727. The molecule has 1 heterocycles. The average molecular weight is 166 g/mol. The van der Waals surface area contributed by atoms with Gasteiger partial charge in [-0.3, -0.25) is 0 Å². The molecule has 0 aromatic carbocycles. The summed E-state index contributed by atoms with van der Waals surface area (Å²) >= 11 is 0. The zero-order valence-electron chi connectivity index (χ0n) is 8.10. The molecule has 1 nitrogen and oxygen atoms in total. The molecule has 0 radical (unpaired) electrons. The van der Waals surface area contributed by atoms with Crippen molar-refractivity contribution in [1.29, 1.82) is 0 Å². The summed E-state index contributed by atoms with van der Waals surface area (Å²) in [5, 5.41) is 0. The van der Waals surface area contributed by atoms with Crippen molar-refractivity contribution in [2.24, 2.45) is 11.8 Å². The summed E-state index contributed by atoms with van der Waals surface area (Å²) in [6.07, 6.45) is 2.39. The summed E-state index contributed by atoms with van der Waals surface area (Å²) in [7, 11) is 0. The Bertz CT molecular complexity index is 183. The van der Waals surface area contributed by atoms with E-state index >= 15 is 0 Å². The predicted molar refractivity (Wildman–Crippen MR) is 51.0 cm³/mol. The van der Waals surface area contributed by atoms with E-state index in [4.69, 9.17) is 4.74 Å². The van der Waals surface area contributed by atoms with Gasteiger partial charge in [-0.05, 0) is 37.2 Å². The molecule has 1 heteroatoms. The van der Waals surface area contributed by atoms with Crippen molar-refractivity contribution in [3.05, 3.63) is 17.9 Å². The molecule has 68 valence electrons. The SMILES string of the molecule is C=C=C(C)[C@H](C)C1CCOCC1. The first-order valence-electron chi connectivity index (χ1n) is 4.70. The van der Waals surface area contributed by atoms with Crippen LogP contribution in [0.4, 0.5) is 0 Å². The molecule has 0 N–H and O–H groups in total. The normalized spacial score (nSPS) is 21.5. The largest absolute Gasteiger partial charge is 0.381 e. The van der Waals surface area contributed by atoms with Crippen molar-refractivity contribution < 1.29 is 4.74 Å². The van der Waals surface area contributed by atoms with E-state index in [0.717, 1.165) is 19.1 Å². The molecule has 0 aromatic heterocycles. The zero-order valence-corrected chi connectivity index (χ0v) is 8.10. The van der Waals surface area contributed by atoms with Crippen LogP contribution in [0.15, 0.2) is 17.9 Å². The quantitative estimate of drug-likeness (QED) is 0.573. The van der Waals surface area contributed by atoms with Crippen LogP contribution < -0.4 is 0 Å². The molecule has 0 bridgehead atoms. The fourth-order valence-electron chi connectivity index (χ4n) is 1.73. The van der Waals surface area contributed by atoms with E-state index in [1.165, 1.54) is 18.4 Å². The van der Waals surface area contributed by atoms with Crippen molar-refractivity contribution in [1.82, 2.24) is 0 Å². The van der Waals surface area contributed by atoms with Gasteiger partial charge in [-0.1, -0.05) is 13.5 Å². The van der Waals surface area contributed by atoms with Crippen LogP contribution in [0.1, 0.15) is 26.7 Å². The second kappa shape index (κ2) is 4.49. The van der Waals surface area contributed by atoms with Crippen molar-refractivity contribution in [3.63, 3.8) is 0 Å². The van der Waals surface area contributed by atoms with E-state index in [-0.39, 0.29) is 0 Å². The van der Waals surface area contributed by atoms with Gasteiger partial charge in [0.05, 0.1) is 0 Å². The second-order valence-corrected chi connectivity index (χ2v) is 3.60. The number of rotatable bonds is 2. The summed E-state index contributed by atoms with van der Waals surface area (Å²) in [5.74, 6) is 1.42. The highest BCUT2D eigenvalue weighted by molar-refractivity contribution is 5.01. The molecule has 0 spiro atoms. The minimum Gasteiger partial charge on any atom is -0.381 e. The van der Waals surface area contributed by atoms with Gasteiger partial charge in [-0.15, -0.1) is 5.73 Å². The van der Waals surface area contributed by atoms with E-state index < -0.39 is 0 Å². The molecule has 1 aliphatic heterocycles. The minimum atomic E-state index is 0.631. The molecule has 0 unspecified atom stereocenters. The van der Waals surface area contributed by atoms with Crippen molar-refractivity contribution in [3.8, 4) is 0 Å². The van der Waals surface area contributed by atoms with E-state index in [9.17, 15) is 0 Å². The predicted octanol–water partition coefficient (Wildman–Crippen LogP) is 2.78. The van der Waals surface area contributed by atoms with Gasteiger partial charge in [-0.25, -0.2) is 0 Å². The third kappa shape index (κ3) is 2.23. The van der Waals surface area contributed by atoms with Crippen LogP contribution >= 0.6 is 0 Å².